The van der Waals surface area contributed by atoms with Gasteiger partial charge in [-0.25, -0.2) is 0 Å². The molecule has 1 aliphatic rings. The third kappa shape index (κ3) is 9.05. The minimum atomic E-state index is -2.66. The fourth-order valence-corrected chi connectivity index (χ4v) is 7.61. The topological polar surface area (TPSA) is 38.9 Å². The molecular weight excluding hydrogens is 897 g/mol. The summed E-state index contributed by atoms with van der Waals surface area (Å²) in [5.74, 6) is -1.02. The minimum Gasteiger partial charge on any atom is -0.501 e. The SMILES string of the molecule is [2H]C([2H])([2H])c1c[c-]c(-c2ccc(C(C)(C)C)cn2)cc1-c1ccccc1.[2H]c1cc(C2([2H])CCC(C)(C)CC2)cc(C([2H])([2H])[2H])c1-c1cc(-c2[c-]ccc3c2oc2ccccc23)ncc1C([2H])([2H])[2H].[Ir]. The van der Waals surface area contributed by atoms with E-state index in [0.29, 0.717) is 52.0 Å². The molecule has 0 unspecified atom stereocenters. The van der Waals surface area contributed by atoms with Crippen molar-refractivity contribution in [1.29, 1.82) is 0 Å². The van der Waals surface area contributed by atoms with E-state index in [4.69, 9.17) is 18.1 Å². The fraction of sp³-hybridized carbons (Fsp3) is 0.273. The number of hydrogen-bond donors (Lipinski definition) is 0. The van der Waals surface area contributed by atoms with E-state index in [-0.39, 0.29) is 59.2 Å². The molecule has 1 radical (unpaired) electrons. The van der Waals surface area contributed by atoms with Crippen LogP contribution in [0.1, 0.15) is 109 Å². The van der Waals surface area contributed by atoms with Crippen LogP contribution in [0.3, 0.4) is 0 Å². The van der Waals surface area contributed by atoms with Crippen LogP contribution in [0.4, 0.5) is 0 Å². The molecule has 5 aromatic carbocycles. The Morgan fingerprint density at radius 3 is 2.22 bits per heavy atom. The second-order valence-electron chi connectivity index (χ2n) is 17.0. The van der Waals surface area contributed by atoms with E-state index in [1.807, 2.05) is 79.0 Å². The molecule has 0 N–H and O–H groups in total. The predicted molar refractivity (Wildman–Crippen MR) is 243 cm³/mol. The molecule has 0 saturated heterocycles. The first-order chi connectivity index (χ1) is 32.2. The van der Waals surface area contributed by atoms with Gasteiger partial charge in [0.1, 0.15) is 5.58 Å². The molecule has 0 atom stereocenters. The van der Waals surface area contributed by atoms with E-state index < -0.39 is 26.4 Å². The van der Waals surface area contributed by atoms with E-state index in [2.05, 4.69) is 62.8 Å². The molecule has 0 amide bonds. The molecule has 301 valence electrons. The number of aryl methyl sites for hydroxylation is 3. The van der Waals surface area contributed by atoms with Gasteiger partial charge in [0.25, 0.3) is 0 Å². The molecule has 3 aromatic heterocycles. The zero-order valence-corrected chi connectivity index (χ0v) is 36.4. The Hall–Kier alpha value is -5.15. The Labute approximate surface area is 380 Å². The summed E-state index contributed by atoms with van der Waals surface area (Å²) in [5.41, 5.74) is 7.09. The summed E-state index contributed by atoms with van der Waals surface area (Å²) in [6.45, 7) is 3.30. The van der Waals surface area contributed by atoms with Crippen molar-refractivity contribution in [2.45, 2.75) is 92.2 Å². The molecule has 1 aliphatic carbocycles. The molecule has 1 fully saturated rings. The van der Waals surface area contributed by atoms with Crippen LogP contribution in [0, 0.1) is 38.1 Å². The molecule has 0 spiro atoms. The Morgan fingerprint density at radius 1 is 0.746 bits per heavy atom. The quantitative estimate of drug-likeness (QED) is 0.161. The van der Waals surface area contributed by atoms with Gasteiger partial charge >= 0.3 is 0 Å². The summed E-state index contributed by atoms with van der Waals surface area (Å²) in [5, 5.41) is 1.76. The number of aromatic nitrogens is 2. The Balaban J connectivity index is 0.000000229. The van der Waals surface area contributed by atoms with Gasteiger partial charge in [0.2, 0.25) is 0 Å². The van der Waals surface area contributed by atoms with E-state index >= 15 is 0 Å². The van der Waals surface area contributed by atoms with Gasteiger partial charge in [0.15, 0.2) is 0 Å². The zero-order chi connectivity index (χ0) is 49.9. The minimum absolute atomic E-state index is 0. The molecule has 0 bridgehead atoms. The number of fused-ring (bicyclic) bond motifs is 3. The normalized spacial score (nSPS) is 18.0. The molecule has 9 rings (SSSR count). The number of nitrogens with zero attached hydrogens (tertiary/aromatic N) is 2. The van der Waals surface area contributed by atoms with Gasteiger partial charge in [-0.1, -0.05) is 143 Å². The van der Waals surface area contributed by atoms with Crippen LogP contribution in [0.15, 0.2) is 132 Å². The number of hydrogen-bond acceptors (Lipinski definition) is 3. The van der Waals surface area contributed by atoms with Crippen molar-refractivity contribution in [1.82, 2.24) is 9.97 Å². The first-order valence-electron chi connectivity index (χ1n) is 25.3. The zero-order valence-electron chi connectivity index (χ0n) is 45.0. The maximum atomic E-state index is 9.24. The maximum absolute atomic E-state index is 9.24. The number of rotatable bonds is 5. The van der Waals surface area contributed by atoms with Gasteiger partial charge in [-0.3, -0.25) is 0 Å². The number of para-hydroxylation sites is 1. The summed E-state index contributed by atoms with van der Waals surface area (Å²) in [7, 11) is 0. The Kier molecular flexibility index (Phi) is 8.74. The van der Waals surface area contributed by atoms with Crippen molar-refractivity contribution < 1.29 is 39.6 Å². The molecular formula is C55H54IrN2O-2. The average molecular weight is 962 g/mol. The molecule has 59 heavy (non-hydrogen) atoms. The number of pyridine rings is 2. The smallest absolute Gasteiger partial charge is 0.120 e. The predicted octanol–water partition coefficient (Wildman–Crippen LogP) is 15.2. The Morgan fingerprint density at radius 2 is 1.49 bits per heavy atom. The standard InChI is InChI=1S/C33H32NO.C22H22N.Ir/c1-21-18-24(23-14-16-33(3,4)17-15-23)12-13-25(21)29-19-30(34-20-22(29)2)28-10-7-9-27-26-8-5-6-11-31(26)35-32(27)28;1-16-10-11-18(14-20(16)17-8-6-5-7-9-17)21-13-12-19(15-23-21)22(2,3)4;/h5-9,11-13,18-20,23H,14-17H2,1-4H3;5-10,12-15H,1-4H3;/q2*-1;/i1D3,2D3,13D,23D;1D3;. The summed E-state index contributed by atoms with van der Waals surface area (Å²) in [4.78, 5) is 9.05. The van der Waals surface area contributed by atoms with Gasteiger partial charge in [-0.15, -0.1) is 47.5 Å². The first-order valence-corrected chi connectivity index (χ1v) is 19.8. The van der Waals surface area contributed by atoms with Crippen molar-refractivity contribution in [3.8, 4) is 44.8 Å². The van der Waals surface area contributed by atoms with Crippen molar-refractivity contribution in [2.75, 3.05) is 0 Å². The third-order valence-electron chi connectivity index (χ3n) is 11.3. The molecule has 4 heteroatoms. The van der Waals surface area contributed by atoms with Gasteiger partial charge in [0.05, 0.1) is 6.95 Å². The number of benzene rings is 5. The van der Waals surface area contributed by atoms with Crippen molar-refractivity contribution in [3.63, 3.8) is 0 Å². The van der Waals surface area contributed by atoms with Crippen LogP contribution in [-0.4, -0.2) is 9.97 Å². The first kappa shape index (κ1) is 30.0. The fourth-order valence-electron chi connectivity index (χ4n) is 7.61. The van der Waals surface area contributed by atoms with Gasteiger partial charge in [-0.05, 0) is 113 Å². The van der Waals surface area contributed by atoms with Gasteiger partial charge < -0.3 is 14.4 Å². The Bertz CT molecular complexity index is 3160. The molecule has 3 nitrogen and oxygen atoms in total. The molecule has 1 saturated carbocycles. The third-order valence-corrected chi connectivity index (χ3v) is 11.3. The van der Waals surface area contributed by atoms with Crippen molar-refractivity contribution in [2.24, 2.45) is 5.41 Å². The van der Waals surface area contributed by atoms with Crippen LogP contribution < -0.4 is 0 Å². The summed E-state index contributed by atoms with van der Waals surface area (Å²) in [6.07, 6.45) is 5.85. The van der Waals surface area contributed by atoms with Crippen LogP contribution >= 0.6 is 0 Å². The monoisotopic (exact) mass is 962 g/mol. The second kappa shape index (κ2) is 17.2. The second-order valence-corrected chi connectivity index (χ2v) is 17.0. The summed E-state index contributed by atoms with van der Waals surface area (Å²) in [6, 6.07) is 39.0. The van der Waals surface area contributed by atoms with Crippen molar-refractivity contribution >= 4 is 21.9 Å². The van der Waals surface area contributed by atoms with Gasteiger partial charge in [0, 0.05) is 51.6 Å². The summed E-state index contributed by atoms with van der Waals surface area (Å²) < 4.78 is 98.0. The van der Waals surface area contributed by atoms with Crippen LogP contribution in [0.5, 0.6) is 0 Å². The molecule has 3 heterocycles. The van der Waals surface area contributed by atoms with Crippen LogP contribution in [0.2, 0.25) is 0 Å². The van der Waals surface area contributed by atoms with Crippen LogP contribution in [-0.2, 0) is 25.5 Å². The van der Waals surface area contributed by atoms with E-state index in [9.17, 15) is 1.37 Å². The van der Waals surface area contributed by atoms with Crippen LogP contribution in [0.25, 0.3) is 66.7 Å². The van der Waals surface area contributed by atoms with E-state index in [1.54, 1.807) is 18.2 Å². The van der Waals surface area contributed by atoms with E-state index in [0.717, 1.165) is 46.0 Å². The molecule has 8 aromatic rings. The van der Waals surface area contributed by atoms with E-state index in [1.165, 1.54) is 18.3 Å². The average Bonchev–Trinajstić information content (AvgIpc) is 3.68. The maximum Gasteiger partial charge on any atom is 0.120 e. The van der Waals surface area contributed by atoms with Crippen molar-refractivity contribution in [3.05, 3.63) is 168 Å². The molecule has 0 aliphatic heterocycles. The number of furan rings is 1. The van der Waals surface area contributed by atoms with Gasteiger partial charge in [-0.2, -0.15) is 0 Å². The largest absolute Gasteiger partial charge is 0.501 e. The summed E-state index contributed by atoms with van der Waals surface area (Å²) >= 11 is 0.